The highest BCUT2D eigenvalue weighted by Gasteiger charge is 2.25. The highest BCUT2D eigenvalue weighted by Crippen LogP contribution is 2.35. The number of piperidine rings is 1. The molecule has 1 amide bonds. The molecule has 37 heavy (non-hydrogen) atoms. The van der Waals surface area contributed by atoms with E-state index in [-0.39, 0.29) is 24.2 Å². The number of aromatic nitrogens is 3. The number of fused-ring (bicyclic) bond motifs is 2. The molecule has 0 aliphatic carbocycles. The summed E-state index contributed by atoms with van der Waals surface area (Å²) in [7, 11) is 1.55. The molecular weight excluding hydrogens is 477 g/mol. The molecule has 2 aliphatic rings. The number of anilines is 1. The number of halogens is 1. The van der Waals surface area contributed by atoms with Gasteiger partial charge >= 0.3 is 0 Å². The van der Waals surface area contributed by atoms with Crippen LogP contribution in [0.25, 0.3) is 22.3 Å². The first-order valence-corrected chi connectivity index (χ1v) is 12.3. The number of likely N-dealkylation sites (tertiary alicyclic amines) is 1. The number of hydrogen-bond donors (Lipinski definition) is 1. The molecule has 0 unspecified atom stereocenters. The number of benzene rings is 1. The van der Waals surface area contributed by atoms with Gasteiger partial charge in [-0.3, -0.25) is 9.78 Å². The van der Waals surface area contributed by atoms with Gasteiger partial charge < -0.3 is 24.2 Å². The molecule has 3 aromatic heterocycles. The molecule has 2 aliphatic heterocycles. The predicted octanol–water partition coefficient (Wildman–Crippen LogP) is 4.19. The van der Waals surface area contributed by atoms with Gasteiger partial charge in [0.05, 0.1) is 30.0 Å². The second kappa shape index (κ2) is 9.78. The van der Waals surface area contributed by atoms with Crippen molar-refractivity contribution in [1.82, 2.24) is 20.0 Å². The van der Waals surface area contributed by atoms with E-state index < -0.39 is 0 Å². The number of carbonyl (C=O) groups is 1. The van der Waals surface area contributed by atoms with E-state index in [1.54, 1.807) is 19.2 Å². The third kappa shape index (κ3) is 4.72. The van der Waals surface area contributed by atoms with Crippen molar-refractivity contribution < 1.29 is 23.2 Å². The van der Waals surface area contributed by atoms with Gasteiger partial charge in [0.15, 0.2) is 6.61 Å². The fourth-order valence-electron chi connectivity index (χ4n) is 5.00. The Bertz CT molecular complexity index is 1460. The first-order valence-electron chi connectivity index (χ1n) is 12.3. The van der Waals surface area contributed by atoms with Crippen LogP contribution in [0.3, 0.4) is 0 Å². The van der Waals surface area contributed by atoms with Crippen LogP contribution in [0.5, 0.6) is 11.6 Å². The number of amides is 1. The molecular formula is C27H26FN5O4. The Hall–Kier alpha value is -4.05. The number of hydrogen-bond acceptors (Lipinski definition) is 8. The number of nitrogens with one attached hydrogen (secondary N) is 1. The van der Waals surface area contributed by atoms with E-state index in [9.17, 15) is 9.18 Å². The molecule has 5 heterocycles. The summed E-state index contributed by atoms with van der Waals surface area (Å²) in [5, 5.41) is 7.09. The van der Waals surface area contributed by atoms with Gasteiger partial charge in [-0.1, -0.05) is 5.16 Å². The van der Waals surface area contributed by atoms with Crippen molar-refractivity contribution in [3.63, 3.8) is 0 Å². The fraction of sp³-hybridized carbons (Fsp3) is 0.333. The van der Waals surface area contributed by atoms with Crippen molar-refractivity contribution in [1.29, 1.82) is 0 Å². The maximum atomic E-state index is 14.6. The molecule has 6 rings (SSSR count). The molecule has 0 radical (unpaired) electrons. The lowest BCUT2D eigenvalue weighted by molar-refractivity contribution is -0.118. The number of pyridine rings is 2. The van der Waals surface area contributed by atoms with Crippen LogP contribution in [0.4, 0.5) is 10.1 Å². The van der Waals surface area contributed by atoms with E-state index in [0.717, 1.165) is 49.5 Å². The minimum Gasteiger partial charge on any atom is -0.482 e. The number of nitrogens with zero attached hydrogens (tertiary/aromatic N) is 4. The maximum absolute atomic E-state index is 14.6. The summed E-state index contributed by atoms with van der Waals surface area (Å²) in [6.07, 6.45) is 3.66. The van der Waals surface area contributed by atoms with Gasteiger partial charge in [-0.25, -0.2) is 9.37 Å². The monoisotopic (exact) mass is 503 g/mol. The highest BCUT2D eigenvalue weighted by atomic mass is 19.1. The first-order chi connectivity index (χ1) is 18.1. The van der Waals surface area contributed by atoms with Crippen LogP contribution in [0, 0.1) is 5.82 Å². The summed E-state index contributed by atoms with van der Waals surface area (Å²) < 4.78 is 31.0. The van der Waals surface area contributed by atoms with Crippen LogP contribution in [-0.2, 0) is 11.2 Å². The average molecular weight is 504 g/mol. The summed E-state index contributed by atoms with van der Waals surface area (Å²) in [5.41, 5.74) is 4.00. The lowest BCUT2D eigenvalue weighted by Crippen LogP contribution is -2.34. The topological polar surface area (TPSA) is 103 Å². The van der Waals surface area contributed by atoms with Gasteiger partial charge in [0.2, 0.25) is 5.88 Å². The summed E-state index contributed by atoms with van der Waals surface area (Å²) in [6.45, 7) is 2.51. The van der Waals surface area contributed by atoms with Gasteiger partial charge in [0, 0.05) is 35.7 Å². The summed E-state index contributed by atoms with van der Waals surface area (Å²) >= 11 is 0. The second-order valence-electron chi connectivity index (χ2n) is 9.33. The molecule has 0 saturated carbocycles. The molecule has 10 heteroatoms. The standard InChI is InChI=1S/C27H26FN5O4/c1-35-26-5-3-20-27(31-26)18(19(28)14-29-20)8-11-33-9-6-16(7-10-33)24-13-21(32-37-24)17-2-4-23-22(12-17)30-25(34)15-36-23/h2-5,12-14,16H,6-11,15H2,1H3,(H,30,34). The number of rotatable bonds is 6. The van der Waals surface area contributed by atoms with Gasteiger partial charge in [0.25, 0.3) is 5.91 Å². The molecule has 4 aromatic rings. The van der Waals surface area contributed by atoms with Crippen molar-refractivity contribution >= 4 is 22.6 Å². The quantitative estimate of drug-likeness (QED) is 0.418. The van der Waals surface area contributed by atoms with Gasteiger partial charge in [0.1, 0.15) is 23.0 Å². The van der Waals surface area contributed by atoms with Crippen molar-refractivity contribution in [2.24, 2.45) is 0 Å². The van der Waals surface area contributed by atoms with E-state index in [4.69, 9.17) is 14.0 Å². The number of ether oxygens (including phenoxy) is 2. The summed E-state index contributed by atoms with van der Waals surface area (Å²) in [5.74, 6) is 1.70. The SMILES string of the molecule is COc1ccc2ncc(F)c(CCN3CCC(c4cc(-c5ccc6c(c5)NC(=O)CO6)no4)CC3)c2n1. The molecule has 0 bridgehead atoms. The molecule has 1 fully saturated rings. The van der Waals surface area contributed by atoms with Crippen molar-refractivity contribution in [3.8, 4) is 22.9 Å². The lowest BCUT2D eigenvalue weighted by atomic mass is 9.93. The van der Waals surface area contributed by atoms with Crippen LogP contribution >= 0.6 is 0 Å². The third-order valence-corrected chi connectivity index (χ3v) is 7.05. The molecule has 0 spiro atoms. The Morgan fingerprint density at radius 2 is 2.05 bits per heavy atom. The van der Waals surface area contributed by atoms with Crippen LogP contribution in [0.2, 0.25) is 0 Å². The molecule has 1 N–H and O–H groups in total. The van der Waals surface area contributed by atoms with Crippen LogP contribution in [0.15, 0.2) is 47.1 Å². The predicted molar refractivity (Wildman–Crippen MR) is 134 cm³/mol. The lowest BCUT2D eigenvalue weighted by Gasteiger charge is -2.30. The number of carbonyl (C=O) groups excluding carboxylic acids is 1. The highest BCUT2D eigenvalue weighted by molar-refractivity contribution is 5.96. The summed E-state index contributed by atoms with van der Waals surface area (Å²) in [4.78, 5) is 22.6. The minimum absolute atomic E-state index is 0.0267. The van der Waals surface area contributed by atoms with E-state index in [1.807, 2.05) is 24.3 Å². The Morgan fingerprint density at radius 3 is 2.89 bits per heavy atom. The van der Waals surface area contributed by atoms with Crippen LogP contribution in [0.1, 0.15) is 30.1 Å². The van der Waals surface area contributed by atoms with E-state index in [2.05, 4.69) is 25.3 Å². The van der Waals surface area contributed by atoms with Crippen molar-refractivity contribution in [2.75, 3.05) is 38.7 Å². The molecule has 0 atom stereocenters. The number of methoxy groups -OCH3 is 1. The van der Waals surface area contributed by atoms with Crippen molar-refractivity contribution in [2.45, 2.75) is 25.2 Å². The Labute approximate surface area is 212 Å². The Kier molecular flexibility index (Phi) is 6.17. The van der Waals surface area contributed by atoms with E-state index in [0.29, 0.717) is 40.3 Å². The van der Waals surface area contributed by atoms with Crippen LogP contribution in [-0.4, -0.2) is 59.3 Å². The largest absolute Gasteiger partial charge is 0.482 e. The zero-order chi connectivity index (χ0) is 25.4. The van der Waals surface area contributed by atoms with Crippen LogP contribution < -0.4 is 14.8 Å². The molecule has 9 nitrogen and oxygen atoms in total. The second-order valence-corrected chi connectivity index (χ2v) is 9.33. The first kappa shape index (κ1) is 23.4. The Balaban J connectivity index is 1.09. The average Bonchev–Trinajstić information content (AvgIpc) is 3.42. The third-order valence-electron chi connectivity index (χ3n) is 7.05. The minimum atomic E-state index is -0.342. The summed E-state index contributed by atoms with van der Waals surface area (Å²) in [6, 6.07) is 11.1. The van der Waals surface area contributed by atoms with E-state index in [1.165, 1.54) is 6.20 Å². The molecule has 1 aromatic carbocycles. The molecule has 1 saturated heterocycles. The normalized spacial score (nSPS) is 16.3. The van der Waals surface area contributed by atoms with Crippen molar-refractivity contribution in [3.05, 3.63) is 59.7 Å². The van der Waals surface area contributed by atoms with E-state index >= 15 is 0 Å². The maximum Gasteiger partial charge on any atom is 0.262 e. The smallest absolute Gasteiger partial charge is 0.262 e. The zero-order valence-electron chi connectivity index (χ0n) is 20.4. The Morgan fingerprint density at radius 1 is 1.19 bits per heavy atom. The van der Waals surface area contributed by atoms with Gasteiger partial charge in [-0.15, -0.1) is 0 Å². The fourth-order valence-corrected chi connectivity index (χ4v) is 5.00. The van der Waals surface area contributed by atoms with Gasteiger partial charge in [-0.05, 0) is 56.6 Å². The zero-order valence-corrected chi connectivity index (χ0v) is 20.4. The van der Waals surface area contributed by atoms with Gasteiger partial charge in [-0.2, -0.15) is 0 Å². The molecule has 190 valence electrons.